The molecule has 0 atom stereocenters. The number of nitrogens with one attached hydrogen (secondary N) is 1. The Morgan fingerprint density at radius 3 is 2.20 bits per heavy atom. The molecule has 0 aliphatic rings. The van der Waals surface area contributed by atoms with Crippen molar-refractivity contribution >= 4 is 11.5 Å². The zero-order valence-corrected chi connectivity index (χ0v) is 8.57. The third kappa shape index (κ3) is 2.07. The number of nitrogen functional groups attached to an aromatic ring is 1. The summed E-state index contributed by atoms with van der Waals surface area (Å²) in [6.07, 6.45) is 1.78. The van der Waals surface area contributed by atoms with Crippen LogP contribution in [0.25, 0.3) is 11.1 Å². The van der Waals surface area contributed by atoms with E-state index in [2.05, 4.69) is 22.4 Å². The summed E-state index contributed by atoms with van der Waals surface area (Å²) in [5, 5.41) is 3.08. The van der Waals surface area contributed by atoms with Crippen LogP contribution in [0.15, 0.2) is 42.6 Å². The molecular weight excluding hydrogens is 186 g/mol. The van der Waals surface area contributed by atoms with Crippen molar-refractivity contribution in [1.29, 1.82) is 0 Å². The quantitative estimate of drug-likeness (QED) is 0.780. The predicted molar refractivity (Wildman–Crippen MR) is 63.6 cm³/mol. The van der Waals surface area contributed by atoms with Gasteiger partial charge in [0.2, 0.25) is 0 Å². The number of anilines is 2. The summed E-state index contributed by atoms with van der Waals surface area (Å²) in [6.45, 7) is 0. The Bertz CT molecular complexity index is 431. The molecule has 0 unspecified atom stereocenters. The number of rotatable bonds is 2. The number of nitrogens with zero attached hydrogens (tertiary/aromatic N) is 1. The standard InChI is InChI=1S/C12H13N3/c1-14-11-5-2-9(3-6-11)10-4-7-12(13)15-8-10/h2-8,14H,1H3,(H2,13,15). The number of pyridine rings is 1. The molecule has 15 heavy (non-hydrogen) atoms. The first-order chi connectivity index (χ1) is 7.29. The van der Waals surface area contributed by atoms with Gasteiger partial charge in [-0.1, -0.05) is 12.1 Å². The Kier molecular flexibility index (Phi) is 2.54. The fraction of sp³-hybridized carbons (Fsp3) is 0.0833. The second kappa shape index (κ2) is 4.00. The molecule has 2 aromatic rings. The summed E-state index contributed by atoms with van der Waals surface area (Å²) in [5.74, 6) is 0.547. The van der Waals surface area contributed by atoms with E-state index < -0.39 is 0 Å². The van der Waals surface area contributed by atoms with Crippen LogP contribution in [0, 0.1) is 0 Å². The van der Waals surface area contributed by atoms with Crippen LogP contribution in [0.4, 0.5) is 11.5 Å². The lowest BCUT2D eigenvalue weighted by Crippen LogP contribution is -1.90. The molecule has 0 spiro atoms. The van der Waals surface area contributed by atoms with Crippen LogP contribution >= 0.6 is 0 Å². The highest BCUT2D eigenvalue weighted by Crippen LogP contribution is 2.20. The topological polar surface area (TPSA) is 50.9 Å². The minimum atomic E-state index is 0.547. The minimum Gasteiger partial charge on any atom is -0.388 e. The van der Waals surface area contributed by atoms with Crippen LogP contribution < -0.4 is 11.1 Å². The largest absolute Gasteiger partial charge is 0.388 e. The summed E-state index contributed by atoms with van der Waals surface area (Å²) in [7, 11) is 1.90. The summed E-state index contributed by atoms with van der Waals surface area (Å²) in [5.41, 5.74) is 8.84. The summed E-state index contributed by atoms with van der Waals surface area (Å²) >= 11 is 0. The Morgan fingerprint density at radius 1 is 1.00 bits per heavy atom. The smallest absolute Gasteiger partial charge is 0.123 e. The molecule has 0 aliphatic carbocycles. The molecular formula is C12H13N3. The number of nitrogens with two attached hydrogens (primary N) is 1. The molecule has 0 radical (unpaired) electrons. The molecule has 3 N–H and O–H groups in total. The zero-order chi connectivity index (χ0) is 10.7. The number of aromatic nitrogens is 1. The van der Waals surface area contributed by atoms with E-state index in [0.717, 1.165) is 16.8 Å². The minimum absolute atomic E-state index is 0.547. The van der Waals surface area contributed by atoms with Gasteiger partial charge in [0.25, 0.3) is 0 Å². The van der Waals surface area contributed by atoms with Crippen molar-refractivity contribution in [2.24, 2.45) is 0 Å². The van der Waals surface area contributed by atoms with Crippen molar-refractivity contribution in [2.75, 3.05) is 18.1 Å². The van der Waals surface area contributed by atoms with E-state index in [0.29, 0.717) is 5.82 Å². The van der Waals surface area contributed by atoms with Gasteiger partial charge in [0.15, 0.2) is 0 Å². The molecule has 0 bridgehead atoms. The number of hydrogen-bond donors (Lipinski definition) is 2. The first-order valence-corrected chi connectivity index (χ1v) is 4.79. The Hall–Kier alpha value is -2.03. The van der Waals surface area contributed by atoms with Crippen molar-refractivity contribution in [3.8, 4) is 11.1 Å². The maximum atomic E-state index is 5.53. The molecule has 0 saturated carbocycles. The lowest BCUT2D eigenvalue weighted by Gasteiger charge is -2.03. The molecule has 1 aromatic heterocycles. The van der Waals surface area contributed by atoms with Crippen LogP contribution in [0.2, 0.25) is 0 Å². The highest BCUT2D eigenvalue weighted by atomic mass is 14.8. The maximum Gasteiger partial charge on any atom is 0.123 e. The third-order valence-electron chi connectivity index (χ3n) is 2.29. The predicted octanol–water partition coefficient (Wildman–Crippen LogP) is 2.37. The first kappa shape index (κ1) is 9.52. The second-order valence-corrected chi connectivity index (χ2v) is 3.30. The van der Waals surface area contributed by atoms with E-state index in [9.17, 15) is 0 Å². The molecule has 76 valence electrons. The third-order valence-corrected chi connectivity index (χ3v) is 2.29. The van der Waals surface area contributed by atoms with Gasteiger partial charge in [-0.25, -0.2) is 4.98 Å². The van der Waals surface area contributed by atoms with Crippen molar-refractivity contribution in [3.05, 3.63) is 42.6 Å². The van der Waals surface area contributed by atoms with Crippen molar-refractivity contribution in [3.63, 3.8) is 0 Å². The number of hydrogen-bond acceptors (Lipinski definition) is 3. The normalized spacial score (nSPS) is 9.93. The first-order valence-electron chi connectivity index (χ1n) is 4.79. The van der Waals surface area contributed by atoms with Gasteiger partial charge < -0.3 is 11.1 Å². The summed E-state index contributed by atoms with van der Waals surface area (Å²) < 4.78 is 0. The van der Waals surface area contributed by atoms with E-state index >= 15 is 0 Å². The van der Waals surface area contributed by atoms with Crippen LogP contribution in [0.1, 0.15) is 0 Å². The SMILES string of the molecule is CNc1ccc(-c2ccc(N)nc2)cc1. The van der Waals surface area contributed by atoms with E-state index in [-0.39, 0.29) is 0 Å². The van der Waals surface area contributed by atoms with Crippen LogP contribution in [0.3, 0.4) is 0 Å². The van der Waals surface area contributed by atoms with Gasteiger partial charge in [-0.2, -0.15) is 0 Å². The molecule has 0 saturated heterocycles. The van der Waals surface area contributed by atoms with Gasteiger partial charge >= 0.3 is 0 Å². The lowest BCUT2D eigenvalue weighted by atomic mass is 10.1. The zero-order valence-electron chi connectivity index (χ0n) is 8.57. The monoisotopic (exact) mass is 199 g/mol. The van der Waals surface area contributed by atoms with E-state index in [4.69, 9.17) is 5.73 Å². The van der Waals surface area contributed by atoms with Gasteiger partial charge in [-0.05, 0) is 29.8 Å². The second-order valence-electron chi connectivity index (χ2n) is 3.30. The summed E-state index contributed by atoms with van der Waals surface area (Å²) in [6, 6.07) is 12.0. The highest BCUT2D eigenvalue weighted by Gasteiger charge is 1.97. The van der Waals surface area contributed by atoms with Crippen LogP contribution in [-0.4, -0.2) is 12.0 Å². The van der Waals surface area contributed by atoms with Crippen molar-refractivity contribution < 1.29 is 0 Å². The lowest BCUT2D eigenvalue weighted by molar-refractivity contribution is 1.34. The van der Waals surface area contributed by atoms with Crippen LogP contribution in [-0.2, 0) is 0 Å². The number of benzene rings is 1. The van der Waals surface area contributed by atoms with E-state index in [1.165, 1.54) is 0 Å². The van der Waals surface area contributed by atoms with Gasteiger partial charge in [-0.3, -0.25) is 0 Å². The average molecular weight is 199 g/mol. The van der Waals surface area contributed by atoms with Gasteiger partial charge in [0, 0.05) is 24.5 Å². The Balaban J connectivity index is 2.33. The average Bonchev–Trinajstić information content (AvgIpc) is 2.30. The molecule has 1 heterocycles. The van der Waals surface area contributed by atoms with Crippen molar-refractivity contribution in [2.45, 2.75) is 0 Å². The van der Waals surface area contributed by atoms with Gasteiger partial charge in [-0.15, -0.1) is 0 Å². The molecule has 2 rings (SSSR count). The fourth-order valence-corrected chi connectivity index (χ4v) is 1.41. The fourth-order valence-electron chi connectivity index (χ4n) is 1.41. The van der Waals surface area contributed by atoms with Crippen LogP contribution in [0.5, 0.6) is 0 Å². The van der Waals surface area contributed by atoms with E-state index in [1.54, 1.807) is 12.3 Å². The Labute approximate surface area is 89.0 Å². The molecule has 0 aliphatic heterocycles. The Morgan fingerprint density at radius 2 is 1.67 bits per heavy atom. The molecule has 0 amide bonds. The van der Waals surface area contributed by atoms with Crippen molar-refractivity contribution in [1.82, 2.24) is 4.98 Å². The van der Waals surface area contributed by atoms with Gasteiger partial charge in [0.1, 0.15) is 5.82 Å². The highest BCUT2D eigenvalue weighted by molar-refractivity contribution is 5.65. The van der Waals surface area contributed by atoms with E-state index in [1.807, 2.05) is 25.2 Å². The van der Waals surface area contributed by atoms with Gasteiger partial charge in [0.05, 0.1) is 0 Å². The molecule has 3 nitrogen and oxygen atoms in total. The molecule has 3 heteroatoms. The summed E-state index contributed by atoms with van der Waals surface area (Å²) in [4.78, 5) is 4.06. The molecule has 0 fully saturated rings. The molecule has 1 aromatic carbocycles. The maximum absolute atomic E-state index is 5.53.